The number of nitrogens with one attached hydrogen (secondary N) is 1. The second-order valence-corrected chi connectivity index (χ2v) is 16.1. The van der Waals surface area contributed by atoms with Gasteiger partial charge in [-0.3, -0.25) is 5.32 Å². The summed E-state index contributed by atoms with van der Waals surface area (Å²) in [7, 11) is -1.90. The maximum Gasteiger partial charge on any atom is 0.129 e. The summed E-state index contributed by atoms with van der Waals surface area (Å²) < 4.78 is 3.00. The van der Waals surface area contributed by atoms with E-state index < -0.39 is 8.24 Å². The molecule has 34 heavy (non-hydrogen) atoms. The molecule has 1 heterocycles. The van der Waals surface area contributed by atoms with Gasteiger partial charge < -0.3 is 4.57 Å². The molecule has 4 aliphatic carbocycles. The first-order valence-corrected chi connectivity index (χ1v) is 16.2. The Labute approximate surface area is 206 Å². The van der Waals surface area contributed by atoms with Crippen LogP contribution in [0.3, 0.4) is 0 Å². The van der Waals surface area contributed by atoms with E-state index in [1.165, 1.54) is 11.1 Å². The molecule has 1 aromatic rings. The average molecular weight is 467 g/mol. The molecule has 0 radical (unpaired) electrons. The van der Waals surface area contributed by atoms with Crippen LogP contribution in [0.1, 0.15) is 19.4 Å². The van der Waals surface area contributed by atoms with Gasteiger partial charge >= 0.3 is 0 Å². The van der Waals surface area contributed by atoms with Crippen molar-refractivity contribution in [3.8, 4) is 0 Å². The first kappa shape index (κ1) is 22.3. The Balaban J connectivity index is 1.40. The van der Waals surface area contributed by atoms with E-state index >= 15 is 0 Å². The van der Waals surface area contributed by atoms with Crippen molar-refractivity contribution in [1.29, 1.82) is 0 Å². The third kappa shape index (κ3) is 3.36. The molecule has 176 valence electrons. The van der Waals surface area contributed by atoms with E-state index in [0.29, 0.717) is 53.4 Å². The Kier molecular flexibility index (Phi) is 5.55. The van der Waals surface area contributed by atoms with Crippen LogP contribution >= 0.6 is 0 Å². The molecule has 1 aromatic carbocycles. The van der Waals surface area contributed by atoms with Crippen molar-refractivity contribution in [3.63, 3.8) is 0 Å². The molecule has 3 heteroatoms. The molecule has 5 unspecified atom stereocenters. The summed E-state index contributed by atoms with van der Waals surface area (Å²) in [5.74, 6) is 3.10. The number of fused-ring (bicyclic) bond motifs is 4. The van der Waals surface area contributed by atoms with Crippen LogP contribution in [0.4, 0.5) is 0 Å². The minimum absolute atomic E-state index is 0.350. The number of allylic oxidation sites excluding steroid dienone is 10. The topological polar surface area (TPSA) is 15.3 Å². The fraction of sp³-hybridized carbons (Fsp3) is 0.419. The predicted octanol–water partition coefficient (Wildman–Crippen LogP) is 6.57. The lowest BCUT2D eigenvalue weighted by Crippen LogP contribution is -2.61. The zero-order chi connectivity index (χ0) is 23.4. The number of nitrogens with zero attached hydrogens (tertiary/aromatic N) is 1. The van der Waals surface area contributed by atoms with E-state index in [4.69, 9.17) is 0 Å². The quantitative estimate of drug-likeness (QED) is 0.505. The number of rotatable bonds is 4. The highest BCUT2D eigenvalue weighted by Gasteiger charge is 2.59. The second-order valence-electron chi connectivity index (χ2n) is 11.6. The highest BCUT2D eigenvalue weighted by Crippen LogP contribution is 2.59. The lowest BCUT2D eigenvalue weighted by molar-refractivity contribution is 0.258. The molecule has 1 saturated carbocycles. The van der Waals surface area contributed by atoms with Crippen molar-refractivity contribution in [2.75, 3.05) is 0 Å². The summed E-state index contributed by atoms with van der Waals surface area (Å²) in [6, 6.07) is 11.8. The molecule has 0 aromatic heterocycles. The van der Waals surface area contributed by atoms with Crippen molar-refractivity contribution in [2.45, 2.75) is 50.7 Å². The van der Waals surface area contributed by atoms with Gasteiger partial charge in [-0.15, -0.1) is 0 Å². The summed E-state index contributed by atoms with van der Waals surface area (Å²) in [4.78, 5) is 0. The van der Waals surface area contributed by atoms with Crippen molar-refractivity contribution < 1.29 is 0 Å². The molecule has 1 saturated heterocycles. The standard InChI is InChI=1S/C31H38N2Si/c1-21(2)31-32-29-23(22-13-6-5-7-14-22)19-12-20-28(29)33(31)34(3,4)30-26-17-10-8-15-24(26)25-16-9-11-18-27(25)30/h5-21,24-32H,1-4H3/t24?,25?,26?,27?,28-,29?,30?,31-/m1/s1. The normalized spacial score (nSPS) is 38.2. The van der Waals surface area contributed by atoms with Gasteiger partial charge in [0.15, 0.2) is 0 Å². The first-order valence-electron chi connectivity index (χ1n) is 13.2. The lowest BCUT2D eigenvalue weighted by Gasteiger charge is -2.49. The van der Waals surface area contributed by atoms with Crippen LogP contribution in [0, 0.1) is 29.6 Å². The largest absolute Gasteiger partial charge is 0.301 e. The van der Waals surface area contributed by atoms with E-state index in [9.17, 15) is 0 Å². The minimum atomic E-state index is -1.90. The highest BCUT2D eigenvalue weighted by molar-refractivity contribution is 6.76. The van der Waals surface area contributed by atoms with Crippen molar-refractivity contribution in [3.05, 3.63) is 103 Å². The highest BCUT2D eigenvalue weighted by atomic mass is 28.3. The summed E-state index contributed by atoms with van der Waals surface area (Å²) in [6.07, 6.45) is 26.8. The summed E-state index contributed by atoms with van der Waals surface area (Å²) >= 11 is 0. The molecule has 7 atom stereocenters. The Morgan fingerprint density at radius 2 is 1.35 bits per heavy atom. The zero-order valence-electron chi connectivity index (χ0n) is 20.9. The van der Waals surface area contributed by atoms with Crippen LogP contribution in [-0.2, 0) is 0 Å². The van der Waals surface area contributed by atoms with Crippen LogP contribution < -0.4 is 5.32 Å². The van der Waals surface area contributed by atoms with Crippen LogP contribution in [0.25, 0.3) is 5.57 Å². The second kappa shape index (κ2) is 8.48. The van der Waals surface area contributed by atoms with Crippen molar-refractivity contribution in [2.24, 2.45) is 29.6 Å². The molecule has 0 bridgehead atoms. The molecule has 0 amide bonds. The van der Waals surface area contributed by atoms with Gasteiger partial charge in [-0.2, -0.15) is 0 Å². The van der Waals surface area contributed by atoms with Gasteiger partial charge in [0, 0.05) is 6.04 Å². The maximum absolute atomic E-state index is 4.14. The van der Waals surface area contributed by atoms with Gasteiger partial charge in [-0.05, 0) is 46.3 Å². The van der Waals surface area contributed by atoms with Crippen LogP contribution in [-0.4, -0.2) is 31.1 Å². The summed E-state index contributed by atoms with van der Waals surface area (Å²) in [5, 5.41) is 4.14. The molecule has 2 nitrogen and oxygen atoms in total. The maximum atomic E-state index is 4.14. The predicted molar refractivity (Wildman–Crippen MR) is 146 cm³/mol. The SMILES string of the molecule is CC(C)[C@@H]1NC2C(c3ccccc3)=CC=C[C@H]2N1[Si](C)(C)C1C2C=CC=CC2C2C=CC=CC21. The molecule has 5 aliphatic rings. The van der Waals surface area contributed by atoms with Crippen LogP contribution in [0.15, 0.2) is 97.2 Å². The fourth-order valence-corrected chi connectivity index (χ4v) is 12.9. The Morgan fingerprint density at radius 3 is 1.94 bits per heavy atom. The van der Waals surface area contributed by atoms with Gasteiger partial charge in [0.1, 0.15) is 8.24 Å². The van der Waals surface area contributed by atoms with Crippen molar-refractivity contribution >= 4 is 13.8 Å². The molecule has 2 fully saturated rings. The summed E-state index contributed by atoms with van der Waals surface area (Å²) in [5.41, 5.74) is 3.49. The van der Waals surface area contributed by atoms with E-state index in [0.717, 1.165) is 0 Å². The van der Waals surface area contributed by atoms with E-state index in [1.54, 1.807) is 0 Å². The van der Waals surface area contributed by atoms with Crippen LogP contribution in [0.2, 0.25) is 18.6 Å². The van der Waals surface area contributed by atoms with Gasteiger partial charge in [0.25, 0.3) is 0 Å². The Bertz CT molecular complexity index is 1070. The van der Waals surface area contributed by atoms with Crippen LogP contribution in [0.5, 0.6) is 0 Å². The van der Waals surface area contributed by atoms with E-state index in [1.807, 2.05) is 0 Å². The van der Waals surface area contributed by atoms with Gasteiger partial charge in [-0.25, -0.2) is 0 Å². The Morgan fingerprint density at radius 1 is 0.765 bits per heavy atom. The number of hydrogen-bond acceptors (Lipinski definition) is 2. The third-order valence-corrected chi connectivity index (χ3v) is 13.5. The summed E-state index contributed by atoms with van der Waals surface area (Å²) in [6.45, 7) is 10.1. The lowest BCUT2D eigenvalue weighted by atomic mass is 9.83. The smallest absolute Gasteiger partial charge is 0.129 e. The molecule has 1 aliphatic heterocycles. The van der Waals surface area contributed by atoms with Gasteiger partial charge in [-0.1, -0.05) is 124 Å². The zero-order valence-corrected chi connectivity index (χ0v) is 21.9. The Hall–Kier alpha value is -2.20. The number of hydrogen-bond donors (Lipinski definition) is 1. The van der Waals surface area contributed by atoms with Crippen molar-refractivity contribution in [1.82, 2.24) is 9.88 Å². The molecular formula is C31H38N2Si. The molecule has 6 rings (SSSR count). The molecule has 0 spiro atoms. The third-order valence-electron chi connectivity index (χ3n) is 9.17. The van der Waals surface area contributed by atoms with E-state index in [2.05, 4.69) is 134 Å². The van der Waals surface area contributed by atoms with Gasteiger partial charge in [0.05, 0.1) is 12.2 Å². The monoisotopic (exact) mass is 466 g/mol. The molecule has 1 N–H and O–H groups in total. The number of benzene rings is 1. The van der Waals surface area contributed by atoms with Gasteiger partial charge in [0.2, 0.25) is 0 Å². The first-order chi connectivity index (χ1) is 16.5. The van der Waals surface area contributed by atoms with E-state index in [-0.39, 0.29) is 0 Å². The average Bonchev–Trinajstić information content (AvgIpc) is 3.42. The fourth-order valence-electron chi connectivity index (χ4n) is 7.87. The minimum Gasteiger partial charge on any atom is -0.301 e. The molecular weight excluding hydrogens is 428 g/mol.